The normalized spacial score (nSPS) is 10.8. The molecule has 21 heavy (non-hydrogen) atoms. The van der Waals surface area contributed by atoms with Gasteiger partial charge in [-0.05, 0) is 38.1 Å². The number of benzene rings is 1. The van der Waals surface area contributed by atoms with Gasteiger partial charge in [-0.3, -0.25) is 0 Å². The van der Waals surface area contributed by atoms with E-state index >= 15 is 0 Å². The van der Waals surface area contributed by atoms with Crippen LogP contribution in [0.25, 0.3) is 11.3 Å². The summed E-state index contributed by atoms with van der Waals surface area (Å²) >= 11 is 0. The topological polar surface area (TPSA) is 66.0 Å². The van der Waals surface area contributed by atoms with Crippen LogP contribution in [0.5, 0.6) is 5.75 Å². The van der Waals surface area contributed by atoms with Crippen molar-refractivity contribution in [2.24, 2.45) is 0 Å². The number of hydrogen-bond acceptors (Lipinski definition) is 5. The predicted octanol–water partition coefficient (Wildman–Crippen LogP) is 2.61. The van der Waals surface area contributed by atoms with Crippen LogP contribution in [0.4, 0.5) is 0 Å². The summed E-state index contributed by atoms with van der Waals surface area (Å²) in [6.07, 6.45) is 1.91. The first-order valence-electron chi connectivity index (χ1n) is 6.63. The fourth-order valence-corrected chi connectivity index (χ4v) is 2.16. The Morgan fingerprint density at radius 1 is 1.19 bits per heavy atom. The summed E-state index contributed by atoms with van der Waals surface area (Å²) in [4.78, 5) is 0. The summed E-state index contributed by atoms with van der Waals surface area (Å²) in [7, 11) is 1.65. The molecule has 0 bridgehead atoms. The van der Waals surface area contributed by atoms with E-state index in [4.69, 9.17) is 9.26 Å². The van der Waals surface area contributed by atoms with Gasteiger partial charge in [0.15, 0.2) is 0 Å². The van der Waals surface area contributed by atoms with E-state index in [0.29, 0.717) is 6.54 Å². The van der Waals surface area contributed by atoms with Gasteiger partial charge in [0.25, 0.3) is 0 Å². The highest BCUT2D eigenvalue weighted by Gasteiger charge is 2.11. The fraction of sp³-hybridized carbons (Fsp3) is 0.267. The lowest BCUT2D eigenvalue weighted by Gasteiger charge is -2.00. The second kappa shape index (κ2) is 5.40. The number of methoxy groups -OCH3 is 1. The van der Waals surface area contributed by atoms with E-state index in [1.165, 1.54) is 0 Å². The average molecular weight is 284 g/mol. The van der Waals surface area contributed by atoms with Crippen molar-refractivity contribution in [1.82, 2.24) is 20.2 Å². The number of nitrogens with zero attached hydrogens (tertiary/aromatic N) is 4. The van der Waals surface area contributed by atoms with Gasteiger partial charge in [0, 0.05) is 11.1 Å². The van der Waals surface area contributed by atoms with Crippen molar-refractivity contribution < 1.29 is 9.26 Å². The zero-order valence-electron chi connectivity index (χ0n) is 12.2. The maximum atomic E-state index is 5.16. The molecular weight excluding hydrogens is 268 g/mol. The summed E-state index contributed by atoms with van der Waals surface area (Å²) < 4.78 is 12.1. The molecule has 3 aromatic rings. The van der Waals surface area contributed by atoms with Crippen LogP contribution in [0.3, 0.4) is 0 Å². The Morgan fingerprint density at radius 3 is 2.57 bits per heavy atom. The molecule has 2 heterocycles. The lowest BCUT2D eigenvalue weighted by atomic mass is 10.1. The summed E-state index contributed by atoms with van der Waals surface area (Å²) in [5.74, 6) is 1.64. The van der Waals surface area contributed by atoms with E-state index in [1.54, 1.807) is 11.8 Å². The van der Waals surface area contributed by atoms with E-state index in [0.717, 1.165) is 34.0 Å². The minimum absolute atomic E-state index is 0.602. The van der Waals surface area contributed by atoms with E-state index < -0.39 is 0 Å². The third-order valence-corrected chi connectivity index (χ3v) is 3.43. The van der Waals surface area contributed by atoms with Crippen LogP contribution in [0, 0.1) is 13.8 Å². The first-order chi connectivity index (χ1) is 10.2. The first kappa shape index (κ1) is 13.4. The van der Waals surface area contributed by atoms with E-state index in [2.05, 4.69) is 15.5 Å². The van der Waals surface area contributed by atoms with Gasteiger partial charge in [0.2, 0.25) is 0 Å². The van der Waals surface area contributed by atoms with Gasteiger partial charge < -0.3 is 9.26 Å². The smallest absolute Gasteiger partial charge is 0.138 e. The van der Waals surface area contributed by atoms with Gasteiger partial charge in [-0.2, -0.15) is 0 Å². The second-order valence-corrected chi connectivity index (χ2v) is 4.83. The predicted molar refractivity (Wildman–Crippen MR) is 77.1 cm³/mol. The molecule has 0 amide bonds. The van der Waals surface area contributed by atoms with E-state index in [1.807, 2.05) is 44.3 Å². The summed E-state index contributed by atoms with van der Waals surface area (Å²) in [5.41, 5.74) is 3.75. The minimum Gasteiger partial charge on any atom is -0.497 e. The number of rotatable bonds is 4. The number of aromatic nitrogens is 4. The second-order valence-electron chi connectivity index (χ2n) is 4.83. The Kier molecular flexibility index (Phi) is 3.43. The van der Waals surface area contributed by atoms with Crippen LogP contribution in [0.2, 0.25) is 0 Å². The Hall–Kier alpha value is -2.63. The molecule has 3 rings (SSSR count). The first-order valence-corrected chi connectivity index (χ1v) is 6.63. The molecule has 0 radical (unpaired) electrons. The van der Waals surface area contributed by atoms with Crippen LogP contribution >= 0.6 is 0 Å². The molecule has 0 aliphatic carbocycles. The Morgan fingerprint density at radius 2 is 1.95 bits per heavy atom. The average Bonchev–Trinajstić information content (AvgIpc) is 3.10. The zero-order chi connectivity index (χ0) is 14.8. The number of hydrogen-bond donors (Lipinski definition) is 0. The molecule has 0 spiro atoms. The molecule has 108 valence electrons. The lowest BCUT2D eigenvalue weighted by Crippen LogP contribution is -2.02. The molecule has 0 N–H and O–H groups in total. The summed E-state index contributed by atoms with van der Waals surface area (Å²) in [5, 5.41) is 12.3. The molecule has 1 aromatic carbocycles. The standard InChI is InChI=1S/C15H16N4O2/c1-10-14(11(2)21-17-10)8-19-9-15(16-18-19)12-4-6-13(20-3)7-5-12/h4-7,9H,8H2,1-3H3. The zero-order valence-corrected chi connectivity index (χ0v) is 12.2. The largest absolute Gasteiger partial charge is 0.497 e. The third kappa shape index (κ3) is 2.65. The molecule has 0 atom stereocenters. The van der Waals surface area contributed by atoms with Crippen molar-refractivity contribution >= 4 is 0 Å². The maximum absolute atomic E-state index is 5.16. The van der Waals surface area contributed by atoms with E-state index in [9.17, 15) is 0 Å². The van der Waals surface area contributed by atoms with Crippen LogP contribution in [0.15, 0.2) is 35.0 Å². The SMILES string of the molecule is COc1ccc(-c2cn(Cc3c(C)noc3C)nn2)cc1. The molecular formula is C15H16N4O2. The Balaban J connectivity index is 1.82. The van der Waals surface area contributed by atoms with Gasteiger partial charge in [0.05, 0.1) is 25.5 Å². The quantitative estimate of drug-likeness (QED) is 0.736. The van der Waals surface area contributed by atoms with Gasteiger partial charge >= 0.3 is 0 Å². The van der Waals surface area contributed by atoms with Crippen molar-refractivity contribution in [3.05, 3.63) is 47.5 Å². The Bertz CT molecular complexity index is 724. The van der Waals surface area contributed by atoms with Crippen LogP contribution in [0.1, 0.15) is 17.0 Å². The molecule has 0 saturated carbocycles. The van der Waals surface area contributed by atoms with Crippen LogP contribution < -0.4 is 4.74 Å². The summed E-state index contributed by atoms with van der Waals surface area (Å²) in [6.45, 7) is 4.42. The molecule has 0 aliphatic heterocycles. The number of aryl methyl sites for hydroxylation is 2. The van der Waals surface area contributed by atoms with Gasteiger partial charge in [-0.25, -0.2) is 4.68 Å². The van der Waals surface area contributed by atoms with Crippen molar-refractivity contribution in [2.75, 3.05) is 7.11 Å². The Labute approximate surface area is 122 Å². The van der Waals surface area contributed by atoms with E-state index in [-0.39, 0.29) is 0 Å². The van der Waals surface area contributed by atoms with Gasteiger partial charge in [-0.1, -0.05) is 10.4 Å². The molecule has 6 heteroatoms. The van der Waals surface area contributed by atoms with Crippen molar-refractivity contribution in [1.29, 1.82) is 0 Å². The highest BCUT2D eigenvalue weighted by atomic mass is 16.5. The van der Waals surface area contributed by atoms with Crippen LogP contribution in [-0.2, 0) is 6.54 Å². The third-order valence-electron chi connectivity index (χ3n) is 3.43. The minimum atomic E-state index is 0.602. The molecule has 0 saturated heterocycles. The highest BCUT2D eigenvalue weighted by molar-refractivity contribution is 5.58. The van der Waals surface area contributed by atoms with Crippen LogP contribution in [-0.4, -0.2) is 27.3 Å². The fourth-order valence-electron chi connectivity index (χ4n) is 2.16. The molecule has 0 fully saturated rings. The van der Waals surface area contributed by atoms with Crippen molar-refractivity contribution in [2.45, 2.75) is 20.4 Å². The van der Waals surface area contributed by atoms with Gasteiger partial charge in [-0.15, -0.1) is 5.10 Å². The molecule has 0 aliphatic rings. The van der Waals surface area contributed by atoms with Crippen molar-refractivity contribution in [3.63, 3.8) is 0 Å². The molecule has 0 unspecified atom stereocenters. The summed E-state index contributed by atoms with van der Waals surface area (Å²) in [6, 6.07) is 7.73. The number of ether oxygens (including phenoxy) is 1. The molecule has 2 aromatic heterocycles. The van der Waals surface area contributed by atoms with Gasteiger partial charge in [0.1, 0.15) is 17.2 Å². The lowest BCUT2D eigenvalue weighted by molar-refractivity contribution is 0.391. The highest BCUT2D eigenvalue weighted by Crippen LogP contribution is 2.21. The molecule has 6 nitrogen and oxygen atoms in total. The monoisotopic (exact) mass is 284 g/mol. The van der Waals surface area contributed by atoms with Crippen molar-refractivity contribution in [3.8, 4) is 17.0 Å². The maximum Gasteiger partial charge on any atom is 0.138 e.